The van der Waals surface area contributed by atoms with Crippen molar-refractivity contribution in [3.05, 3.63) is 96.6 Å². The van der Waals surface area contributed by atoms with Crippen LogP contribution in [0.1, 0.15) is 5.56 Å². The summed E-state index contributed by atoms with van der Waals surface area (Å²) >= 11 is 1.47. The van der Waals surface area contributed by atoms with Crippen molar-refractivity contribution in [3.63, 3.8) is 0 Å². The van der Waals surface area contributed by atoms with Crippen LogP contribution in [-0.4, -0.2) is 17.2 Å². The zero-order chi connectivity index (χ0) is 17.8. The summed E-state index contributed by atoms with van der Waals surface area (Å²) in [5.41, 5.74) is 1.80. The predicted molar refractivity (Wildman–Crippen MR) is 104 cm³/mol. The molecule has 128 valence electrons. The molecule has 1 aliphatic rings. The van der Waals surface area contributed by atoms with Crippen LogP contribution in [0.5, 0.6) is 0 Å². The lowest BCUT2D eigenvalue weighted by molar-refractivity contribution is 0.157. The maximum Gasteiger partial charge on any atom is 0.436 e. The number of hydrogen-bond acceptors (Lipinski definition) is 4. The van der Waals surface area contributed by atoms with Gasteiger partial charge in [0.05, 0.1) is 5.69 Å². The van der Waals surface area contributed by atoms with Gasteiger partial charge in [0.25, 0.3) is 0 Å². The van der Waals surface area contributed by atoms with E-state index in [0.29, 0.717) is 11.4 Å². The minimum absolute atomic E-state index is 0.482. The van der Waals surface area contributed by atoms with Crippen LogP contribution in [0, 0.1) is 0 Å². The summed E-state index contributed by atoms with van der Waals surface area (Å²) < 4.78 is 5.74. The number of benzene rings is 3. The van der Waals surface area contributed by atoms with Gasteiger partial charge < -0.3 is 4.74 Å². The van der Waals surface area contributed by atoms with E-state index in [-0.39, 0.29) is 0 Å². The highest BCUT2D eigenvalue weighted by atomic mass is 32.2. The van der Waals surface area contributed by atoms with E-state index in [1.165, 1.54) is 16.8 Å². The SMILES string of the molecule is O=C1OC(Sc2ccccc2)C(c2ccccc2)=NN1c1ccccc1. The van der Waals surface area contributed by atoms with Gasteiger partial charge in [0.2, 0.25) is 0 Å². The Balaban J connectivity index is 1.73. The highest BCUT2D eigenvalue weighted by molar-refractivity contribution is 8.00. The lowest BCUT2D eigenvalue weighted by atomic mass is 10.1. The molecular weight excluding hydrogens is 344 g/mol. The van der Waals surface area contributed by atoms with Crippen molar-refractivity contribution >= 4 is 29.3 Å². The van der Waals surface area contributed by atoms with Crippen LogP contribution < -0.4 is 5.01 Å². The smallest absolute Gasteiger partial charge is 0.426 e. The first-order valence-electron chi connectivity index (χ1n) is 8.23. The molecule has 1 unspecified atom stereocenters. The third-order valence-corrected chi connectivity index (χ3v) is 4.95. The number of ether oxygens (including phenoxy) is 1. The van der Waals surface area contributed by atoms with Crippen molar-refractivity contribution in [2.75, 3.05) is 5.01 Å². The third-order valence-electron chi connectivity index (χ3n) is 3.87. The van der Waals surface area contributed by atoms with Gasteiger partial charge in [-0.1, -0.05) is 78.5 Å². The second kappa shape index (κ2) is 7.45. The predicted octanol–water partition coefficient (Wildman–Crippen LogP) is 5.17. The van der Waals surface area contributed by atoms with E-state index < -0.39 is 11.5 Å². The molecule has 1 atom stereocenters. The number of nitrogens with zero attached hydrogens (tertiary/aromatic N) is 2. The number of cyclic esters (lactones) is 1. The highest BCUT2D eigenvalue weighted by Gasteiger charge is 2.33. The fourth-order valence-corrected chi connectivity index (χ4v) is 3.62. The van der Waals surface area contributed by atoms with Crippen LogP contribution in [0.15, 0.2) is 101 Å². The van der Waals surface area contributed by atoms with E-state index in [0.717, 1.165) is 10.5 Å². The Bertz CT molecular complexity index is 915. The molecule has 4 rings (SSSR count). The summed E-state index contributed by atoms with van der Waals surface area (Å²) in [5.74, 6) is 0. The first-order valence-corrected chi connectivity index (χ1v) is 9.10. The number of para-hydroxylation sites is 1. The Morgan fingerprint density at radius 1 is 0.808 bits per heavy atom. The highest BCUT2D eigenvalue weighted by Crippen LogP contribution is 2.31. The number of thioether (sulfide) groups is 1. The number of hydrazone groups is 1. The molecular formula is C21H16N2O2S. The molecule has 0 saturated heterocycles. The molecule has 0 radical (unpaired) electrons. The van der Waals surface area contributed by atoms with Gasteiger partial charge in [-0.25, -0.2) is 4.79 Å². The van der Waals surface area contributed by atoms with Crippen LogP contribution in [0.25, 0.3) is 0 Å². The number of amides is 1. The van der Waals surface area contributed by atoms with Crippen molar-refractivity contribution in [2.45, 2.75) is 10.3 Å². The Morgan fingerprint density at radius 2 is 1.38 bits per heavy atom. The molecule has 5 heteroatoms. The fourth-order valence-electron chi connectivity index (χ4n) is 2.63. The maximum absolute atomic E-state index is 12.6. The maximum atomic E-state index is 12.6. The fraction of sp³-hybridized carbons (Fsp3) is 0.0476. The summed E-state index contributed by atoms with van der Waals surface area (Å²) in [6.45, 7) is 0. The topological polar surface area (TPSA) is 41.9 Å². The summed E-state index contributed by atoms with van der Waals surface area (Å²) in [6, 6.07) is 28.9. The summed E-state index contributed by atoms with van der Waals surface area (Å²) in [5, 5.41) is 5.95. The zero-order valence-electron chi connectivity index (χ0n) is 13.9. The number of anilines is 1. The first kappa shape index (κ1) is 16.4. The van der Waals surface area contributed by atoms with Crippen molar-refractivity contribution in [1.82, 2.24) is 0 Å². The molecule has 0 aliphatic carbocycles. The Labute approximate surface area is 156 Å². The molecule has 1 amide bonds. The minimum atomic E-state index is -0.507. The standard InChI is InChI=1S/C21H16N2O2S/c24-21-23(17-12-6-2-7-13-17)22-19(16-10-4-1-5-11-16)20(25-21)26-18-14-8-3-9-15-18/h1-15,20H. The molecule has 0 bridgehead atoms. The van der Waals surface area contributed by atoms with Gasteiger partial charge >= 0.3 is 6.09 Å². The van der Waals surface area contributed by atoms with Gasteiger partial charge in [0.1, 0.15) is 5.71 Å². The lowest BCUT2D eigenvalue weighted by Gasteiger charge is -2.29. The van der Waals surface area contributed by atoms with Crippen molar-refractivity contribution in [2.24, 2.45) is 5.10 Å². The van der Waals surface area contributed by atoms with E-state index in [1.54, 1.807) is 0 Å². The number of rotatable bonds is 4. The van der Waals surface area contributed by atoms with Crippen LogP contribution in [-0.2, 0) is 4.74 Å². The molecule has 0 fully saturated rings. The molecule has 0 saturated carbocycles. The van der Waals surface area contributed by atoms with Crippen molar-refractivity contribution in [3.8, 4) is 0 Å². The Morgan fingerprint density at radius 3 is 2.04 bits per heavy atom. The van der Waals surface area contributed by atoms with Crippen molar-refractivity contribution < 1.29 is 9.53 Å². The molecule has 0 spiro atoms. The minimum Gasteiger partial charge on any atom is -0.426 e. The molecule has 1 aliphatic heterocycles. The Hall–Kier alpha value is -3.05. The largest absolute Gasteiger partial charge is 0.436 e. The number of carbonyl (C=O) groups is 1. The molecule has 26 heavy (non-hydrogen) atoms. The molecule has 3 aromatic rings. The summed E-state index contributed by atoms with van der Waals surface area (Å²) in [4.78, 5) is 13.6. The second-order valence-corrected chi connectivity index (χ2v) is 6.78. The van der Waals surface area contributed by atoms with E-state index in [1.807, 2.05) is 91.0 Å². The van der Waals surface area contributed by atoms with Crippen molar-refractivity contribution in [1.29, 1.82) is 0 Å². The number of hydrogen-bond donors (Lipinski definition) is 0. The van der Waals surface area contributed by atoms with Crippen LogP contribution in [0.2, 0.25) is 0 Å². The molecule has 1 heterocycles. The van der Waals surface area contributed by atoms with Gasteiger partial charge in [-0.2, -0.15) is 10.1 Å². The van der Waals surface area contributed by atoms with Gasteiger partial charge in [0, 0.05) is 10.5 Å². The lowest BCUT2D eigenvalue weighted by Crippen LogP contribution is -2.40. The molecule has 3 aromatic carbocycles. The van der Waals surface area contributed by atoms with E-state index in [2.05, 4.69) is 5.10 Å². The molecule has 4 nitrogen and oxygen atoms in total. The Kier molecular flexibility index (Phi) is 4.71. The quantitative estimate of drug-likeness (QED) is 0.645. The van der Waals surface area contributed by atoms with Gasteiger partial charge in [0.15, 0.2) is 5.44 Å². The average Bonchev–Trinajstić information content (AvgIpc) is 2.70. The monoisotopic (exact) mass is 360 g/mol. The van der Waals surface area contributed by atoms with Gasteiger partial charge in [-0.05, 0) is 24.3 Å². The molecule has 0 aromatic heterocycles. The van der Waals surface area contributed by atoms with E-state index >= 15 is 0 Å². The van der Waals surface area contributed by atoms with Gasteiger partial charge in [-0.15, -0.1) is 0 Å². The summed E-state index contributed by atoms with van der Waals surface area (Å²) in [7, 11) is 0. The second-order valence-electron chi connectivity index (χ2n) is 5.65. The normalized spacial score (nSPS) is 16.8. The molecule has 0 N–H and O–H groups in total. The van der Waals surface area contributed by atoms with E-state index in [4.69, 9.17) is 4.74 Å². The van der Waals surface area contributed by atoms with Crippen LogP contribution >= 0.6 is 11.8 Å². The number of carbonyl (C=O) groups excluding carboxylic acids is 1. The van der Waals surface area contributed by atoms with Gasteiger partial charge in [-0.3, -0.25) is 0 Å². The average molecular weight is 360 g/mol. The third kappa shape index (κ3) is 3.48. The van der Waals surface area contributed by atoms with Crippen LogP contribution in [0.4, 0.5) is 10.5 Å². The van der Waals surface area contributed by atoms with E-state index in [9.17, 15) is 4.79 Å². The summed E-state index contributed by atoms with van der Waals surface area (Å²) in [6.07, 6.45) is -0.482. The first-order chi connectivity index (χ1) is 12.8. The zero-order valence-corrected chi connectivity index (χ0v) is 14.7. The van der Waals surface area contributed by atoms with Crippen LogP contribution in [0.3, 0.4) is 0 Å².